The van der Waals surface area contributed by atoms with Gasteiger partial charge in [-0.05, 0) is 34.1 Å². The van der Waals surface area contributed by atoms with Gasteiger partial charge < -0.3 is 20.8 Å². The second-order valence-electron chi connectivity index (χ2n) is 3.63. The lowest BCUT2D eigenvalue weighted by Crippen LogP contribution is -2.43. The van der Waals surface area contributed by atoms with E-state index in [2.05, 4.69) is 26.6 Å². The maximum Gasteiger partial charge on any atom is 0.326 e. The molecule has 0 saturated carbocycles. The average Bonchev–Trinajstić information content (AvgIpc) is 2.33. The van der Waals surface area contributed by atoms with Crippen molar-refractivity contribution in [3.8, 4) is 0 Å². The van der Waals surface area contributed by atoms with E-state index in [1.165, 1.54) is 6.07 Å². The number of hydrogen-bond donors (Lipinski definition) is 4. The minimum absolute atomic E-state index is 0.0656. The molecule has 8 heteroatoms. The predicted octanol–water partition coefficient (Wildman–Crippen LogP) is 2.06. The molecule has 0 radical (unpaired) electrons. The molecule has 6 nitrogen and oxygen atoms in total. The summed E-state index contributed by atoms with van der Waals surface area (Å²) in [5.41, 5.74) is 0.429. The third-order valence-electron chi connectivity index (χ3n) is 2.20. The fourth-order valence-electron chi connectivity index (χ4n) is 1.29. The van der Waals surface area contributed by atoms with Gasteiger partial charge in [0.25, 0.3) is 0 Å². The molecular formula is C11H12BrClN2O4. The lowest BCUT2D eigenvalue weighted by molar-refractivity contribution is -0.139. The summed E-state index contributed by atoms with van der Waals surface area (Å²) in [5, 5.41) is 22.6. The zero-order valence-corrected chi connectivity index (χ0v) is 12.0. The van der Waals surface area contributed by atoms with Crippen molar-refractivity contribution in [2.24, 2.45) is 0 Å². The zero-order chi connectivity index (χ0) is 14.4. The number of aliphatic hydroxyl groups excluding tert-OH is 1. The van der Waals surface area contributed by atoms with Crippen LogP contribution in [-0.2, 0) is 4.79 Å². The summed E-state index contributed by atoms with van der Waals surface area (Å²) in [6.07, 6.45) is -0.0656. The Morgan fingerprint density at radius 1 is 1.42 bits per heavy atom. The molecule has 0 saturated heterocycles. The lowest BCUT2D eigenvalue weighted by Gasteiger charge is -2.14. The minimum Gasteiger partial charge on any atom is -0.480 e. The highest BCUT2D eigenvalue weighted by Gasteiger charge is 2.19. The number of halogens is 2. The molecule has 0 spiro atoms. The molecule has 0 aromatic heterocycles. The zero-order valence-electron chi connectivity index (χ0n) is 9.69. The molecule has 1 aromatic rings. The molecule has 0 aliphatic carbocycles. The molecule has 0 aliphatic rings. The second kappa shape index (κ2) is 7.32. The number of amides is 2. The third-order valence-corrected chi connectivity index (χ3v) is 3.43. The van der Waals surface area contributed by atoms with Gasteiger partial charge in [0.05, 0.1) is 5.02 Å². The molecule has 0 aliphatic heterocycles. The van der Waals surface area contributed by atoms with Crippen LogP contribution in [0.15, 0.2) is 22.7 Å². The van der Waals surface area contributed by atoms with Gasteiger partial charge >= 0.3 is 12.0 Å². The molecule has 1 aromatic carbocycles. The maximum atomic E-state index is 11.6. The normalized spacial score (nSPS) is 11.7. The molecule has 4 N–H and O–H groups in total. The van der Waals surface area contributed by atoms with E-state index in [9.17, 15) is 9.59 Å². The number of carbonyl (C=O) groups is 2. The van der Waals surface area contributed by atoms with Gasteiger partial charge in [-0.1, -0.05) is 11.6 Å². The molecule has 0 unspecified atom stereocenters. The molecule has 0 bridgehead atoms. The Hall–Kier alpha value is -1.31. The first kappa shape index (κ1) is 15.7. The highest BCUT2D eigenvalue weighted by atomic mass is 79.9. The molecule has 1 atom stereocenters. The summed E-state index contributed by atoms with van der Waals surface area (Å²) in [7, 11) is 0. The van der Waals surface area contributed by atoms with Crippen LogP contribution >= 0.6 is 27.5 Å². The summed E-state index contributed by atoms with van der Waals surface area (Å²) < 4.78 is 0.684. The third kappa shape index (κ3) is 5.06. The van der Waals surface area contributed by atoms with Crippen LogP contribution in [0.25, 0.3) is 0 Å². The standard InChI is InChI=1S/C11H12BrClN2O4/c12-7-2-1-6(5-8(7)13)14-11(19)15-9(3-4-16)10(17)18/h1-2,5,9,16H,3-4H2,(H,17,18)(H2,14,15,19)/t9-/m0/s1. The van der Waals surface area contributed by atoms with Crippen molar-refractivity contribution in [1.82, 2.24) is 5.32 Å². The van der Waals surface area contributed by atoms with Gasteiger partial charge in [-0.2, -0.15) is 0 Å². The average molecular weight is 352 g/mol. The van der Waals surface area contributed by atoms with E-state index in [0.717, 1.165) is 0 Å². The smallest absolute Gasteiger partial charge is 0.326 e. The summed E-state index contributed by atoms with van der Waals surface area (Å²) in [6.45, 7) is -0.332. The minimum atomic E-state index is -1.21. The summed E-state index contributed by atoms with van der Waals surface area (Å²) in [6, 6.07) is 2.96. The molecule has 0 fully saturated rings. The van der Waals surface area contributed by atoms with Crippen LogP contribution in [0.4, 0.5) is 10.5 Å². The van der Waals surface area contributed by atoms with Gasteiger partial charge in [0.2, 0.25) is 0 Å². The Bertz CT molecular complexity index is 484. The largest absolute Gasteiger partial charge is 0.480 e. The monoisotopic (exact) mass is 350 g/mol. The Morgan fingerprint density at radius 3 is 2.63 bits per heavy atom. The van der Waals surface area contributed by atoms with Gasteiger partial charge in [0, 0.05) is 23.2 Å². The van der Waals surface area contributed by atoms with Crippen LogP contribution in [0.5, 0.6) is 0 Å². The van der Waals surface area contributed by atoms with Crippen molar-refractivity contribution in [2.45, 2.75) is 12.5 Å². The van der Waals surface area contributed by atoms with E-state index in [4.69, 9.17) is 21.8 Å². The van der Waals surface area contributed by atoms with Gasteiger partial charge in [-0.3, -0.25) is 0 Å². The highest BCUT2D eigenvalue weighted by Crippen LogP contribution is 2.25. The van der Waals surface area contributed by atoms with Crippen LogP contribution < -0.4 is 10.6 Å². The van der Waals surface area contributed by atoms with Gasteiger partial charge in [-0.25, -0.2) is 9.59 Å². The van der Waals surface area contributed by atoms with E-state index in [1.807, 2.05) is 0 Å². The number of urea groups is 1. The Kier molecular flexibility index (Phi) is 6.07. The second-order valence-corrected chi connectivity index (χ2v) is 4.89. The number of carbonyl (C=O) groups excluding carboxylic acids is 1. The van der Waals surface area contributed by atoms with Crippen LogP contribution in [0, 0.1) is 0 Å². The van der Waals surface area contributed by atoms with Crippen molar-refractivity contribution in [3.05, 3.63) is 27.7 Å². The fourth-order valence-corrected chi connectivity index (χ4v) is 1.71. The van der Waals surface area contributed by atoms with Crippen molar-refractivity contribution < 1.29 is 19.8 Å². The molecular weight excluding hydrogens is 339 g/mol. The number of anilines is 1. The van der Waals surface area contributed by atoms with Gasteiger partial charge in [-0.15, -0.1) is 0 Å². The number of aliphatic hydroxyl groups is 1. The first-order valence-electron chi connectivity index (χ1n) is 5.30. The Morgan fingerprint density at radius 2 is 2.11 bits per heavy atom. The van der Waals surface area contributed by atoms with E-state index >= 15 is 0 Å². The number of benzene rings is 1. The summed E-state index contributed by atoms with van der Waals surface area (Å²) in [5.74, 6) is -1.21. The van der Waals surface area contributed by atoms with E-state index < -0.39 is 18.0 Å². The number of carboxylic acids is 1. The van der Waals surface area contributed by atoms with Crippen molar-refractivity contribution in [3.63, 3.8) is 0 Å². The van der Waals surface area contributed by atoms with Gasteiger partial charge in [0.1, 0.15) is 6.04 Å². The SMILES string of the molecule is O=C(Nc1ccc(Br)c(Cl)c1)N[C@@H](CCO)C(=O)O. The number of rotatable bonds is 5. The molecule has 104 valence electrons. The topological polar surface area (TPSA) is 98.7 Å². The molecule has 1 rings (SSSR count). The van der Waals surface area contributed by atoms with Crippen LogP contribution in [0.1, 0.15) is 6.42 Å². The molecule has 2 amide bonds. The highest BCUT2D eigenvalue weighted by molar-refractivity contribution is 9.10. The molecule has 0 heterocycles. The van der Waals surface area contributed by atoms with E-state index in [0.29, 0.717) is 15.2 Å². The van der Waals surface area contributed by atoms with E-state index in [-0.39, 0.29) is 13.0 Å². The summed E-state index contributed by atoms with van der Waals surface area (Å²) >= 11 is 9.07. The lowest BCUT2D eigenvalue weighted by atomic mass is 10.2. The van der Waals surface area contributed by atoms with Crippen molar-refractivity contribution in [1.29, 1.82) is 0 Å². The number of aliphatic carboxylic acids is 1. The number of carboxylic acid groups (broad SMARTS) is 1. The van der Waals surface area contributed by atoms with Gasteiger partial charge in [0.15, 0.2) is 0 Å². The molecule has 19 heavy (non-hydrogen) atoms. The maximum absolute atomic E-state index is 11.6. The van der Waals surface area contributed by atoms with Crippen molar-refractivity contribution >= 4 is 45.2 Å². The summed E-state index contributed by atoms with van der Waals surface area (Å²) in [4.78, 5) is 22.4. The van der Waals surface area contributed by atoms with Crippen molar-refractivity contribution in [2.75, 3.05) is 11.9 Å². The quantitative estimate of drug-likeness (QED) is 0.652. The first-order valence-corrected chi connectivity index (χ1v) is 6.47. The van der Waals surface area contributed by atoms with E-state index in [1.54, 1.807) is 12.1 Å². The van der Waals surface area contributed by atoms with Crippen LogP contribution in [0.3, 0.4) is 0 Å². The van der Waals surface area contributed by atoms with Crippen LogP contribution in [-0.4, -0.2) is 34.9 Å². The van der Waals surface area contributed by atoms with Crippen LogP contribution in [0.2, 0.25) is 5.02 Å². The number of nitrogens with one attached hydrogen (secondary N) is 2. The Balaban J connectivity index is 2.63. The first-order chi connectivity index (χ1) is 8.93. The fraction of sp³-hybridized carbons (Fsp3) is 0.273. The Labute approximate surface area is 122 Å². The predicted molar refractivity (Wildman–Crippen MR) is 74.4 cm³/mol. The number of hydrogen-bond acceptors (Lipinski definition) is 3.